The van der Waals surface area contributed by atoms with Gasteiger partial charge in [-0.1, -0.05) is 12.8 Å². The molecule has 1 aliphatic carbocycles. The van der Waals surface area contributed by atoms with Crippen LogP contribution >= 0.6 is 0 Å². The first-order valence-corrected chi connectivity index (χ1v) is 7.62. The van der Waals surface area contributed by atoms with Crippen molar-refractivity contribution in [2.24, 2.45) is 5.92 Å². The molecule has 5 nitrogen and oxygen atoms in total. The zero-order chi connectivity index (χ0) is 11.8. The number of nitrogens with one attached hydrogen (secondary N) is 2. The van der Waals surface area contributed by atoms with Crippen LogP contribution in [-0.4, -0.2) is 32.7 Å². The fourth-order valence-electron chi connectivity index (χ4n) is 2.77. The summed E-state index contributed by atoms with van der Waals surface area (Å²) in [5.74, 6) is 0.140. The smallest absolute Gasteiger partial charge is 0.250 e. The molecule has 0 spiro atoms. The van der Waals surface area contributed by atoms with Crippen LogP contribution in [-0.2, 0) is 14.8 Å². The van der Waals surface area contributed by atoms with Crippen LogP contribution in [0.25, 0.3) is 0 Å². The third-order valence-corrected chi connectivity index (χ3v) is 4.04. The molecule has 1 aliphatic heterocycles. The maximum Gasteiger partial charge on any atom is 0.250 e. The van der Waals surface area contributed by atoms with E-state index in [1.54, 1.807) is 0 Å². The summed E-state index contributed by atoms with van der Waals surface area (Å²) in [5.41, 5.74) is 0. The maximum absolute atomic E-state index is 11.7. The molecule has 2 rings (SSSR count). The van der Waals surface area contributed by atoms with Gasteiger partial charge in [-0.2, -0.15) is 0 Å². The molecule has 0 bridgehead atoms. The Bertz CT molecular complexity index is 366. The van der Waals surface area contributed by atoms with E-state index in [1.165, 1.54) is 12.8 Å². The predicted octanol–water partition coefficient (Wildman–Crippen LogP) is -0.0171. The highest BCUT2D eigenvalue weighted by Crippen LogP contribution is 2.33. The van der Waals surface area contributed by atoms with Gasteiger partial charge < -0.3 is 5.32 Å². The van der Waals surface area contributed by atoms with Crippen LogP contribution in [0.1, 0.15) is 32.1 Å². The summed E-state index contributed by atoms with van der Waals surface area (Å²) < 4.78 is 23.9. The highest BCUT2D eigenvalue weighted by Gasteiger charge is 2.38. The van der Waals surface area contributed by atoms with Gasteiger partial charge in [0, 0.05) is 6.04 Å². The van der Waals surface area contributed by atoms with E-state index < -0.39 is 15.9 Å². The minimum absolute atomic E-state index is 0.331. The van der Waals surface area contributed by atoms with Gasteiger partial charge in [0.05, 0.1) is 12.3 Å². The van der Waals surface area contributed by atoms with Gasteiger partial charge >= 0.3 is 0 Å². The number of sulfonamides is 1. The Morgan fingerprint density at radius 2 is 2.00 bits per heavy atom. The Morgan fingerprint density at radius 3 is 2.62 bits per heavy atom. The van der Waals surface area contributed by atoms with Crippen molar-refractivity contribution in [1.29, 1.82) is 0 Å². The highest BCUT2D eigenvalue weighted by molar-refractivity contribution is 7.89. The first-order chi connectivity index (χ1) is 7.46. The fraction of sp³-hybridized carbons (Fsp3) is 0.900. The van der Waals surface area contributed by atoms with E-state index in [0.29, 0.717) is 12.0 Å². The van der Waals surface area contributed by atoms with Crippen LogP contribution in [0.2, 0.25) is 0 Å². The van der Waals surface area contributed by atoms with Gasteiger partial charge in [-0.05, 0) is 25.2 Å². The molecule has 1 saturated carbocycles. The van der Waals surface area contributed by atoms with E-state index in [9.17, 15) is 13.2 Å². The SMILES string of the molecule is CS(=O)(=O)NC(=O)[C@@H]1C[C@@H]2CCCC[C@@H]2N1. The van der Waals surface area contributed by atoms with Crippen molar-refractivity contribution < 1.29 is 13.2 Å². The van der Waals surface area contributed by atoms with Gasteiger partial charge in [0.2, 0.25) is 10.0 Å². The Balaban J connectivity index is 1.95. The molecule has 16 heavy (non-hydrogen) atoms. The minimum Gasteiger partial charge on any atom is -0.303 e. The van der Waals surface area contributed by atoms with Gasteiger partial charge in [-0.15, -0.1) is 0 Å². The topological polar surface area (TPSA) is 75.3 Å². The first-order valence-electron chi connectivity index (χ1n) is 5.73. The van der Waals surface area contributed by atoms with Crippen LogP contribution in [0, 0.1) is 5.92 Å². The second-order valence-corrected chi connectivity index (χ2v) is 6.59. The number of amides is 1. The second kappa shape index (κ2) is 4.33. The van der Waals surface area contributed by atoms with Gasteiger partial charge in [-0.25, -0.2) is 8.42 Å². The van der Waals surface area contributed by atoms with Crippen LogP contribution in [0.3, 0.4) is 0 Å². The largest absolute Gasteiger partial charge is 0.303 e. The summed E-state index contributed by atoms with van der Waals surface area (Å²) in [7, 11) is -3.43. The van der Waals surface area contributed by atoms with Gasteiger partial charge in [0.25, 0.3) is 5.91 Å². The van der Waals surface area contributed by atoms with E-state index in [0.717, 1.165) is 25.5 Å². The molecule has 1 saturated heterocycles. The number of hydrogen-bond acceptors (Lipinski definition) is 4. The molecule has 92 valence electrons. The zero-order valence-electron chi connectivity index (χ0n) is 9.40. The fourth-order valence-corrected chi connectivity index (χ4v) is 3.28. The lowest BCUT2D eigenvalue weighted by atomic mass is 9.85. The van der Waals surface area contributed by atoms with Crippen LogP contribution < -0.4 is 10.0 Å². The van der Waals surface area contributed by atoms with Gasteiger partial charge in [0.15, 0.2) is 0 Å². The highest BCUT2D eigenvalue weighted by atomic mass is 32.2. The number of carbonyl (C=O) groups is 1. The van der Waals surface area contributed by atoms with Crippen molar-refractivity contribution in [1.82, 2.24) is 10.0 Å². The Labute approximate surface area is 96.0 Å². The number of hydrogen-bond donors (Lipinski definition) is 2. The summed E-state index contributed by atoms with van der Waals surface area (Å²) in [5, 5.41) is 3.24. The van der Waals surface area contributed by atoms with Gasteiger partial charge in [0.1, 0.15) is 0 Å². The lowest BCUT2D eigenvalue weighted by Gasteiger charge is -2.24. The van der Waals surface area contributed by atoms with E-state index in [-0.39, 0.29) is 6.04 Å². The standard InChI is InChI=1S/C10H18N2O3S/c1-16(14,15)12-10(13)9-6-7-4-2-3-5-8(7)11-9/h7-9,11H,2-6H2,1H3,(H,12,13)/t7-,8-,9-/m0/s1. The molecule has 2 fully saturated rings. The van der Waals surface area contributed by atoms with Gasteiger partial charge in [-0.3, -0.25) is 9.52 Å². The zero-order valence-corrected chi connectivity index (χ0v) is 10.2. The quantitative estimate of drug-likeness (QED) is 0.718. The Morgan fingerprint density at radius 1 is 1.31 bits per heavy atom. The Hall–Kier alpha value is -0.620. The number of rotatable bonds is 2. The molecule has 0 unspecified atom stereocenters. The van der Waals surface area contributed by atoms with E-state index in [4.69, 9.17) is 0 Å². The molecule has 3 atom stereocenters. The molecule has 0 radical (unpaired) electrons. The summed E-state index contributed by atoms with van der Waals surface area (Å²) >= 11 is 0. The minimum atomic E-state index is -3.43. The lowest BCUT2D eigenvalue weighted by Crippen LogP contribution is -2.44. The molecular formula is C10H18N2O3S. The predicted molar refractivity (Wildman–Crippen MR) is 60.3 cm³/mol. The van der Waals surface area contributed by atoms with Crippen LogP contribution in [0.5, 0.6) is 0 Å². The van der Waals surface area contributed by atoms with E-state index >= 15 is 0 Å². The number of fused-ring (bicyclic) bond motifs is 1. The van der Waals surface area contributed by atoms with Crippen molar-refractivity contribution >= 4 is 15.9 Å². The van der Waals surface area contributed by atoms with Crippen LogP contribution in [0.15, 0.2) is 0 Å². The molecule has 1 heterocycles. The molecule has 0 aromatic carbocycles. The summed E-state index contributed by atoms with van der Waals surface area (Å²) in [6, 6.07) is 0.0758. The van der Waals surface area contributed by atoms with Crippen molar-refractivity contribution in [3.63, 3.8) is 0 Å². The molecule has 6 heteroatoms. The van der Waals surface area contributed by atoms with Crippen molar-refractivity contribution in [2.45, 2.75) is 44.2 Å². The molecule has 0 aromatic heterocycles. The molecule has 2 N–H and O–H groups in total. The normalized spacial score (nSPS) is 34.4. The van der Waals surface area contributed by atoms with E-state index in [1.807, 2.05) is 4.72 Å². The molecule has 1 amide bonds. The first kappa shape index (κ1) is 11.9. The summed E-state index contributed by atoms with van der Waals surface area (Å²) in [6.45, 7) is 0. The maximum atomic E-state index is 11.7. The summed E-state index contributed by atoms with van der Waals surface area (Å²) in [6.07, 6.45) is 6.46. The average Bonchev–Trinajstić information content (AvgIpc) is 2.58. The Kier molecular flexibility index (Phi) is 3.21. The van der Waals surface area contributed by atoms with Crippen molar-refractivity contribution in [3.8, 4) is 0 Å². The van der Waals surface area contributed by atoms with Crippen molar-refractivity contribution in [3.05, 3.63) is 0 Å². The van der Waals surface area contributed by atoms with Crippen LogP contribution in [0.4, 0.5) is 0 Å². The lowest BCUT2D eigenvalue weighted by molar-refractivity contribution is -0.121. The van der Waals surface area contributed by atoms with E-state index in [2.05, 4.69) is 5.32 Å². The second-order valence-electron chi connectivity index (χ2n) is 4.84. The molecule has 0 aromatic rings. The average molecular weight is 246 g/mol. The third-order valence-electron chi connectivity index (χ3n) is 3.47. The molecule has 2 aliphatic rings. The number of carbonyl (C=O) groups excluding carboxylic acids is 1. The monoisotopic (exact) mass is 246 g/mol. The molecular weight excluding hydrogens is 228 g/mol. The summed E-state index contributed by atoms with van der Waals surface area (Å²) in [4.78, 5) is 11.7. The van der Waals surface area contributed by atoms with Crippen molar-refractivity contribution in [2.75, 3.05) is 6.26 Å². The third kappa shape index (κ3) is 2.74.